The third kappa shape index (κ3) is 6.74. The maximum Gasteiger partial charge on any atom is 0.232 e. The molecule has 1 rings (SSSR count). The molecule has 21 heavy (non-hydrogen) atoms. The maximum atomic E-state index is 12.4. The summed E-state index contributed by atoms with van der Waals surface area (Å²) >= 11 is 4.94. The lowest BCUT2D eigenvalue weighted by atomic mass is 10.1. The minimum atomic E-state index is 0.182. The molecule has 118 valence electrons. The van der Waals surface area contributed by atoms with E-state index in [1.165, 1.54) is 11.8 Å². The van der Waals surface area contributed by atoms with Crippen molar-refractivity contribution in [2.24, 2.45) is 11.8 Å². The SMILES string of the molecule is CC(C)CN(CC(C)C)C(=O)CSc1cc(Br)ccc1N. The van der Waals surface area contributed by atoms with E-state index in [1.54, 1.807) is 0 Å². The first-order valence-electron chi connectivity index (χ1n) is 7.25. The van der Waals surface area contributed by atoms with Crippen LogP contribution in [0.2, 0.25) is 0 Å². The molecule has 0 heterocycles. The van der Waals surface area contributed by atoms with Crippen molar-refractivity contribution in [3.05, 3.63) is 22.7 Å². The molecule has 1 aromatic carbocycles. The molecule has 0 saturated heterocycles. The average molecular weight is 373 g/mol. The van der Waals surface area contributed by atoms with Crippen LogP contribution in [0.25, 0.3) is 0 Å². The van der Waals surface area contributed by atoms with Crippen LogP contribution < -0.4 is 5.73 Å². The van der Waals surface area contributed by atoms with Crippen molar-refractivity contribution in [1.82, 2.24) is 4.90 Å². The van der Waals surface area contributed by atoms with Gasteiger partial charge in [0.15, 0.2) is 0 Å². The minimum Gasteiger partial charge on any atom is -0.398 e. The monoisotopic (exact) mass is 372 g/mol. The molecule has 0 radical (unpaired) electrons. The summed E-state index contributed by atoms with van der Waals surface area (Å²) in [5.74, 6) is 1.57. The molecular weight excluding hydrogens is 348 g/mol. The highest BCUT2D eigenvalue weighted by molar-refractivity contribution is 9.10. The van der Waals surface area contributed by atoms with Crippen LogP contribution in [-0.4, -0.2) is 29.6 Å². The summed E-state index contributed by atoms with van der Waals surface area (Å²) in [4.78, 5) is 15.4. The largest absolute Gasteiger partial charge is 0.398 e. The van der Waals surface area contributed by atoms with Gasteiger partial charge in [-0.25, -0.2) is 0 Å². The van der Waals surface area contributed by atoms with Crippen LogP contribution in [0.1, 0.15) is 27.7 Å². The Labute approximate surface area is 140 Å². The highest BCUT2D eigenvalue weighted by atomic mass is 79.9. The van der Waals surface area contributed by atoms with Crippen molar-refractivity contribution in [2.45, 2.75) is 32.6 Å². The Kier molecular flexibility index (Phi) is 7.60. The van der Waals surface area contributed by atoms with Gasteiger partial charge in [0.05, 0.1) is 5.75 Å². The molecule has 0 aliphatic carbocycles. The molecule has 0 fully saturated rings. The molecule has 0 saturated carbocycles. The third-order valence-corrected chi connectivity index (χ3v) is 4.40. The number of carbonyl (C=O) groups excluding carboxylic acids is 1. The van der Waals surface area contributed by atoms with Crippen LogP contribution in [-0.2, 0) is 4.79 Å². The number of nitrogens with two attached hydrogens (primary N) is 1. The number of amides is 1. The Morgan fingerprint density at radius 2 is 1.81 bits per heavy atom. The fourth-order valence-corrected chi connectivity index (χ4v) is 3.44. The van der Waals surface area contributed by atoms with Crippen LogP contribution in [0.4, 0.5) is 5.69 Å². The average Bonchev–Trinajstić information content (AvgIpc) is 2.37. The van der Waals surface area contributed by atoms with E-state index in [1.807, 2.05) is 23.1 Å². The van der Waals surface area contributed by atoms with Crippen LogP contribution in [0.15, 0.2) is 27.6 Å². The zero-order valence-electron chi connectivity index (χ0n) is 13.2. The quantitative estimate of drug-likeness (QED) is 0.574. The second-order valence-electron chi connectivity index (χ2n) is 6.06. The number of benzene rings is 1. The van der Waals surface area contributed by atoms with Gasteiger partial charge in [0.1, 0.15) is 0 Å². The van der Waals surface area contributed by atoms with E-state index in [9.17, 15) is 4.79 Å². The van der Waals surface area contributed by atoms with E-state index in [0.29, 0.717) is 17.6 Å². The Morgan fingerprint density at radius 3 is 2.33 bits per heavy atom. The van der Waals surface area contributed by atoms with Crippen molar-refractivity contribution in [3.63, 3.8) is 0 Å². The van der Waals surface area contributed by atoms with Gasteiger partial charge in [0.2, 0.25) is 5.91 Å². The number of thioether (sulfide) groups is 1. The summed E-state index contributed by atoms with van der Waals surface area (Å²) in [6.45, 7) is 10.2. The van der Waals surface area contributed by atoms with Crippen molar-refractivity contribution in [2.75, 3.05) is 24.6 Å². The molecule has 0 aliphatic heterocycles. The molecule has 0 bridgehead atoms. The van der Waals surface area contributed by atoms with Crippen LogP contribution in [0.5, 0.6) is 0 Å². The van der Waals surface area contributed by atoms with Crippen LogP contribution in [0.3, 0.4) is 0 Å². The first-order chi connectivity index (χ1) is 9.79. The van der Waals surface area contributed by atoms with E-state index in [4.69, 9.17) is 5.73 Å². The maximum absolute atomic E-state index is 12.4. The summed E-state index contributed by atoms with van der Waals surface area (Å²) in [5, 5.41) is 0. The molecule has 0 aliphatic rings. The molecule has 2 N–H and O–H groups in total. The summed E-state index contributed by atoms with van der Waals surface area (Å²) < 4.78 is 0.980. The summed E-state index contributed by atoms with van der Waals surface area (Å²) in [6.07, 6.45) is 0. The molecular formula is C16H25BrN2OS. The Bertz CT molecular complexity index is 467. The highest BCUT2D eigenvalue weighted by Crippen LogP contribution is 2.28. The first-order valence-corrected chi connectivity index (χ1v) is 9.03. The molecule has 5 heteroatoms. The number of hydrogen-bond acceptors (Lipinski definition) is 3. The predicted molar refractivity (Wildman–Crippen MR) is 95.5 cm³/mol. The zero-order chi connectivity index (χ0) is 16.0. The molecule has 0 spiro atoms. The van der Waals surface area contributed by atoms with Gasteiger partial charge in [-0.2, -0.15) is 0 Å². The van der Waals surface area contributed by atoms with Crippen LogP contribution >= 0.6 is 27.7 Å². The number of nitrogen functional groups attached to an aromatic ring is 1. The van der Waals surface area contributed by atoms with E-state index in [2.05, 4.69) is 43.6 Å². The number of carbonyl (C=O) groups is 1. The second kappa shape index (κ2) is 8.69. The van der Waals surface area contributed by atoms with Gasteiger partial charge in [-0.3, -0.25) is 4.79 Å². The van der Waals surface area contributed by atoms with Gasteiger partial charge >= 0.3 is 0 Å². The fraction of sp³-hybridized carbons (Fsp3) is 0.562. The molecule has 1 amide bonds. The van der Waals surface area contributed by atoms with Crippen molar-refractivity contribution >= 4 is 39.3 Å². The number of hydrogen-bond donors (Lipinski definition) is 1. The van der Waals surface area contributed by atoms with Crippen LogP contribution in [0, 0.1) is 11.8 Å². The van der Waals surface area contributed by atoms with E-state index in [-0.39, 0.29) is 5.91 Å². The number of nitrogens with zero attached hydrogens (tertiary/aromatic N) is 1. The van der Waals surface area contributed by atoms with E-state index >= 15 is 0 Å². The van der Waals surface area contributed by atoms with Gasteiger partial charge in [-0.05, 0) is 30.0 Å². The lowest BCUT2D eigenvalue weighted by Crippen LogP contribution is -2.38. The number of halogens is 1. The van der Waals surface area contributed by atoms with Crippen molar-refractivity contribution in [1.29, 1.82) is 0 Å². The van der Waals surface area contributed by atoms with Gasteiger partial charge in [0, 0.05) is 28.1 Å². The predicted octanol–water partition coefficient (Wildman–Crippen LogP) is 4.26. The second-order valence-corrected chi connectivity index (χ2v) is 7.99. The molecule has 0 atom stereocenters. The molecule has 1 aromatic rings. The Morgan fingerprint density at radius 1 is 1.24 bits per heavy atom. The molecule has 3 nitrogen and oxygen atoms in total. The minimum absolute atomic E-state index is 0.182. The van der Waals surface area contributed by atoms with E-state index < -0.39 is 0 Å². The fourth-order valence-electron chi connectivity index (χ4n) is 2.02. The third-order valence-electron chi connectivity index (χ3n) is 2.85. The topological polar surface area (TPSA) is 46.3 Å². The van der Waals surface area contributed by atoms with Crippen molar-refractivity contribution < 1.29 is 4.79 Å². The number of rotatable bonds is 7. The van der Waals surface area contributed by atoms with Gasteiger partial charge in [-0.15, -0.1) is 11.8 Å². The van der Waals surface area contributed by atoms with E-state index in [0.717, 1.165) is 28.1 Å². The van der Waals surface area contributed by atoms with Gasteiger partial charge in [0.25, 0.3) is 0 Å². The smallest absolute Gasteiger partial charge is 0.232 e. The summed E-state index contributed by atoms with van der Waals surface area (Å²) in [5.41, 5.74) is 6.66. The van der Waals surface area contributed by atoms with Gasteiger partial charge in [-0.1, -0.05) is 43.6 Å². The standard InChI is InChI=1S/C16H25BrN2OS/c1-11(2)8-19(9-12(3)4)16(20)10-21-15-7-13(17)5-6-14(15)18/h5-7,11-12H,8-10,18H2,1-4H3. The lowest BCUT2D eigenvalue weighted by molar-refractivity contribution is -0.129. The lowest BCUT2D eigenvalue weighted by Gasteiger charge is -2.26. The summed E-state index contributed by atoms with van der Waals surface area (Å²) in [6, 6.07) is 5.73. The zero-order valence-corrected chi connectivity index (χ0v) is 15.6. The highest BCUT2D eigenvalue weighted by Gasteiger charge is 2.17. The Hall–Kier alpha value is -0.680. The molecule has 0 unspecified atom stereocenters. The van der Waals surface area contributed by atoms with Gasteiger partial charge < -0.3 is 10.6 Å². The number of anilines is 1. The van der Waals surface area contributed by atoms with Crippen molar-refractivity contribution in [3.8, 4) is 0 Å². The normalized spacial score (nSPS) is 11.2. The first kappa shape index (κ1) is 18.4. The summed E-state index contributed by atoms with van der Waals surface area (Å²) in [7, 11) is 0. The Balaban J connectivity index is 2.66. The molecule has 0 aromatic heterocycles.